The van der Waals surface area contributed by atoms with E-state index in [9.17, 15) is 14.4 Å². The van der Waals surface area contributed by atoms with Crippen molar-refractivity contribution in [3.05, 3.63) is 11.8 Å². The predicted molar refractivity (Wildman–Crippen MR) is 85.8 cm³/mol. The highest BCUT2D eigenvalue weighted by molar-refractivity contribution is 6.19. The summed E-state index contributed by atoms with van der Waals surface area (Å²) in [6.07, 6.45) is 2.45. The van der Waals surface area contributed by atoms with Crippen LogP contribution in [0.3, 0.4) is 0 Å². The molecule has 0 radical (unpaired) electrons. The molecule has 126 valence electrons. The standard InChI is InChI=1S/C16H24N4O3/c1-7-8-20-11(12(21)17-16(2,3)4)9-10-13(20)18(5)15(23)19(6)14(10)22/h9-10H,7-8H2,1-6H3/p+1. The lowest BCUT2D eigenvalue weighted by Crippen LogP contribution is -2.57. The van der Waals surface area contributed by atoms with Gasteiger partial charge in [0.1, 0.15) is 0 Å². The summed E-state index contributed by atoms with van der Waals surface area (Å²) in [6, 6.07) is -0.381. The Kier molecular flexibility index (Phi) is 4.32. The Morgan fingerprint density at radius 1 is 1.26 bits per heavy atom. The molecule has 2 rings (SSSR count). The summed E-state index contributed by atoms with van der Waals surface area (Å²) in [5.74, 6) is -0.555. The molecule has 0 aromatic rings. The maximum Gasteiger partial charge on any atom is 0.417 e. The van der Waals surface area contributed by atoms with E-state index in [1.54, 1.807) is 17.7 Å². The number of fused-ring (bicyclic) bond motifs is 1. The molecular formula is C16H25N4O3+. The third-order valence-corrected chi connectivity index (χ3v) is 3.85. The molecule has 2 heterocycles. The molecule has 7 heteroatoms. The summed E-state index contributed by atoms with van der Waals surface area (Å²) in [6.45, 7) is 8.27. The largest absolute Gasteiger partial charge is 0.417 e. The van der Waals surface area contributed by atoms with Gasteiger partial charge in [0.15, 0.2) is 11.6 Å². The summed E-state index contributed by atoms with van der Waals surface area (Å²) in [5, 5.41) is 2.92. The van der Waals surface area contributed by atoms with Gasteiger partial charge in [0.05, 0.1) is 13.6 Å². The number of carbonyl (C=O) groups excluding carboxylic acids is 3. The first kappa shape index (κ1) is 17.2. The fourth-order valence-electron chi connectivity index (χ4n) is 2.87. The fourth-order valence-corrected chi connectivity index (χ4v) is 2.87. The molecule has 4 amide bonds. The van der Waals surface area contributed by atoms with Crippen molar-refractivity contribution in [1.82, 2.24) is 15.1 Å². The third-order valence-electron chi connectivity index (χ3n) is 3.85. The quantitative estimate of drug-likeness (QED) is 0.780. The van der Waals surface area contributed by atoms with E-state index in [0.717, 1.165) is 11.3 Å². The SMILES string of the molecule is CCC[N+]1=C2C(C=C1C(=O)NC(C)(C)C)C(=O)N(C)C(=O)N2C. The smallest absolute Gasteiger partial charge is 0.344 e. The van der Waals surface area contributed by atoms with E-state index in [-0.39, 0.29) is 23.4 Å². The van der Waals surface area contributed by atoms with Crippen molar-refractivity contribution in [1.29, 1.82) is 0 Å². The number of hydrogen-bond donors (Lipinski definition) is 1. The molecule has 1 atom stereocenters. The minimum Gasteiger partial charge on any atom is -0.344 e. The monoisotopic (exact) mass is 321 g/mol. The van der Waals surface area contributed by atoms with Gasteiger partial charge in [-0.1, -0.05) is 6.92 Å². The lowest BCUT2D eigenvalue weighted by Gasteiger charge is -2.27. The van der Waals surface area contributed by atoms with E-state index >= 15 is 0 Å². The molecule has 1 unspecified atom stereocenters. The highest BCUT2D eigenvalue weighted by atomic mass is 16.2. The average molecular weight is 321 g/mol. The number of rotatable bonds is 3. The summed E-state index contributed by atoms with van der Waals surface area (Å²) in [4.78, 5) is 39.8. The highest BCUT2D eigenvalue weighted by Gasteiger charge is 2.51. The average Bonchev–Trinajstić information content (AvgIpc) is 2.81. The normalized spacial score (nSPS) is 21.7. The molecule has 2 aliphatic heterocycles. The van der Waals surface area contributed by atoms with Crippen LogP contribution in [0.4, 0.5) is 4.79 Å². The van der Waals surface area contributed by atoms with Crippen LogP contribution in [0.25, 0.3) is 0 Å². The van der Waals surface area contributed by atoms with Gasteiger partial charge in [-0.05, 0) is 33.3 Å². The molecular weight excluding hydrogens is 296 g/mol. The first-order valence-corrected chi connectivity index (χ1v) is 7.82. The van der Waals surface area contributed by atoms with Gasteiger partial charge < -0.3 is 5.32 Å². The maximum absolute atomic E-state index is 12.6. The molecule has 0 spiro atoms. The molecule has 1 saturated heterocycles. The van der Waals surface area contributed by atoms with Crippen LogP contribution in [0.15, 0.2) is 11.8 Å². The van der Waals surface area contributed by atoms with Crippen LogP contribution >= 0.6 is 0 Å². The highest BCUT2D eigenvalue weighted by Crippen LogP contribution is 2.26. The third kappa shape index (κ3) is 3.00. The minimum absolute atomic E-state index is 0.232. The lowest BCUT2D eigenvalue weighted by atomic mass is 10.0. The van der Waals surface area contributed by atoms with Gasteiger partial charge in [0.2, 0.25) is 0 Å². The van der Waals surface area contributed by atoms with Gasteiger partial charge in [-0.25, -0.2) is 14.3 Å². The van der Waals surface area contributed by atoms with Crippen molar-refractivity contribution in [2.45, 2.75) is 39.7 Å². The summed E-state index contributed by atoms with van der Waals surface area (Å²) in [5.41, 5.74) is 0.0570. The number of nitrogens with zero attached hydrogens (tertiary/aromatic N) is 3. The van der Waals surface area contributed by atoms with E-state index in [2.05, 4.69) is 5.32 Å². The van der Waals surface area contributed by atoms with Crippen molar-refractivity contribution in [2.24, 2.45) is 5.92 Å². The van der Waals surface area contributed by atoms with Crippen LogP contribution in [0.2, 0.25) is 0 Å². The molecule has 0 aromatic heterocycles. The maximum atomic E-state index is 12.6. The first-order chi connectivity index (χ1) is 10.6. The molecule has 2 aliphatic rings. The van der Waals surface area contributed by atoms with Gasteiger partial charge in [0.25, 0.3) is 17.6 Å². The summed E-state index contributed by atoms with van der Waals surface area (Å²) >= 11 is 0. The predicted octanol–water partition coefficient (Wildman–Crippen LogP) is 0.760. The van der Waals surface area contributed by atoms with Gasteiger partial charge in [-0.2, -0.15) is 4.90 Å². The molecule has 23 heavy (non-hydrogen) atoms. The Bertz CT molecular complexity index is 628. The number of imide groups is 1. The Labute approximate surface area is 136 Å². The topological polar surface area (TPSA) is 72.7 Å². The Morgan fingerprint density at radius 3 is 2.39 bits per heavy atom. The van der Waals surface area contributed by atoms with Crippen LogP contribution < -0.4 is 5.32 Å². The van der Waals surface area contributed by atoms with Crippen molar-refractivity contribution >= 4 is 23.7 Å². The zero-order valence-corrected chi connectivity index (χ0v) is 14.6. The zero-order chi connectivity index (χ0) is 17.5. The van der Waals surface area contributed by atoms with E-state index in [4.69, 9.17) is 0 Å². The Balaban J connectivity index is 2.48. The van der Waals surface area contributed by atoms with Gasteiger partial charge in [-0.3, -0.25) is 9.59 Å². The van der Waals surface area contributed by atoms with Gasteiger partial charge >= 0.3 is 6.03 Å². The molecule has 0 aliphatic carbocycles. The summed E-state index contributed by atoms with van der Waals surface area (Å²) < 4.78 is 1.79. The van der Waals surface area contributed by atoms with Crippen LogP contribution in [0, 0.1) is 5.92 Å². The molecule has 0 bridgehead atoms. The van der Waals surface area contributed by atoms with E-state index in [0.29, 0.717) is 18.1 Å². The molecule has 1 fully saturated rings. The molecule has 0 saturated carbocycles. The second-order valence-electron chi connectivity index (χ2n) is 6.98. The van der Waals surface area contributed by atoms with Gasteiger partial charge in [0, 0.05) is 12.6 Å². The van der Waals surface area contributed by atoms with E-state index in [1.165, 1.54) is 11.9 Å². The van der Waals surface area contributed by atoms with Crippen LogP contribution in [-0.2, 0) is 9.59 Å². The lowest BCUT2D eigenvalue weighted by molar-refractivity contribution is -0.473. The van der Waals surface area contributed by atoms with Crippen molar-refractivity contribution in [3.8, 4) is 0 Å². The number of nitrogens with one attached hydrogen (secondary N) is 1. The number of amides is 4. The zero-order valence-electron chi connectivity index (χ0n) is 14.6. The van der Waals surface area contributed by atoms with Crippen molar-refractivity contribution in [3.63, 3.8) is 0 Å². The van der Waals surface area contributed by atoms with Crippen molar-refractivity contribution < 1.29 is 19.0 Å². The van der Waals surface area contributed by atoms with Crippen molar-refractivity contribution in [2.75, 3.05) is 20.6 Å². The molecule has 0 aromatic carbocycles. The van der Waals surface area contributed by atoms with Gasteiger partial charge in [-0.15, -0.1) is 0 Å². The minimum atomic E-state index is -0.588. The number of carbonyl (C=O) groups is 3. The van der Waals surface area contributed by atoms with Crippen LogP contribution in [-0.4, -0.2) is 64.2 Å². The summed E-state index contributed by atoms with van der Waals surface area (Å²) in [7, 11) is 3.10. The van der Waals surface area contributed by atoms with Crippen LogP contribution in [0.1, 0.15) is 34.1 Å². The second kappa shape index (κ2) is 5.79. The van der Waals surface area contributed by atoms with E-state index in [1.807, 2.05) is 27.7 Å². The first-order valence-electron chi connectivity index (χ1n) is 7.82. The number of urea groups is 1. The second-order valence-corrected chi connectivity index (χ2v) is 6.98. The molecule has 1 N–H and O–H groups in total. The Morgan fingerprint density at radius 2 is 1.87 bits per heavy atom. The number of amidine groups is 1. The fraction of sp³-hybridized carbons (Fsp3) is 0.625. The number of hydrogen-bond acceptors (Lipinski definition) is 3. The Hall–Kier alpha value is -2.18. The van der Waals surface area contributed by atoms with Crippen LogP contribution in [0.5, 0.6) is 0 Å². The van der Waals surface area contributed by atoms with E-state index < -0.39 is 5.92 Å². The molecule has 7 nitrogen and oxygen atoms in total.